The molecule has 0 aliphatic carbocycles. The lowest BCUT2D eigenvalue weighted by Gasteiger charge is -2.32. The first-order valence-electron chi connectivity index (χ1n) is 8.05. The molecule has 0 bridgehead atoms. The highest BCUT2D eigenvalue weighted by atomic mass is 79.9. The average molecular weight is 416 g/mol. The van der Waals surface area contributed by atoms with Gasteiger partial charge in [-0.1, -0.05) is 25.4 Å². The van der Waals surface area contributed by atoms with Gasteiger partial charge in [-0.2, -0.15) is 0 Å². The molecule has 0 N–H and O–H groups in total. The number of aromatic nitrogens is 3. The monoisotopic (exact) mass is 414 g/mol. The van der Waals surface area contributed by atoms with Crippen LogP contribution in [0.4, 0.5) is 4.79 Å². The topological polar surface area (TPSA) is 60.2 Å². The zero-order valence-corrected chi connectivity index (χ0v) is 16.0. The van der Waals surface area contributed by atoms with Crippen molar-refractivity contribution in [2.24, 2.45) is 5.92 Å². The van der Waals surface area contributed by atoms with Crippen LogP contribution in [0.2, 0.25) is 5.15 Å². The summed E-state index contributed by atoms with van der Waals surface area (Å²) in [6.07, 6.45) is 4.98. The number of piperidine rings is 1. The van der Waals surface area contributed by atoms with E-state index < -0.39 is 0 Å². The van der Waals surface area contributed by atoms with Gasteiger partial charge in [0.05, 0.1) is 12.0 Å². The molecule has 24 heavy (non-hydrogen) atoms. The summed E-state index contributed by atoms with van der Waals surface area (Å²) in [5, 5.41) is 1.28. The highest BCUT2D eigenvalue weighted by molar-refractivity contribution is 9.10. The smallest absolute Gasteiger partial charge is 0.409 e. The van der Waals surface area contributed by atoms with Crippen LogP contribution in [0.1, 0.15) is 32.7 Å². The first-order chi connectivity index (χ1) is 11.5. The van der Waals surface area contributed by atoms with Crippen LogP contribution in [-0.2, 0) is 4.74 Å². The van der Waals surface area contributed by atoms with Gasteiger partial charge in [0.15, 0.2) is 0 Å². The maximum absolute atomic E-state index is 12.1. The minimum absolute atomic E-state index is 0.217. The zero-order chi connectivity index (χ0) is 17.3. The van der Waals surface area contributed by atoms with Crippen molar-refractivity contribution in [3.8, 4) is 0 Å². The normalized spacial score (nSPS) is 16.1. The molecule has 1 saturated heterocycles. The molecule has 8 heteroatoms. The van der Waals surface area contributed by atoms with E-state index in [-0.39, 0.29) is 12.1 Å². The molecular formula is C16H20BrClN4O2. The number of hydrogen-bond donors (Lipinski definition) is 0. The van der Waals surface area contributed by atoms with Gasteiger partial charge in [0.2, 0.25) is 0 Å². The van der Waals surface area contributed by atoms with Gasteiger partial charge in [-0.05, 0) is 34.7 Å². The third-order valence-electron chi connectivity index (χ3n) is 4.17. The lowest BCUT2D eigenvalue weighted by Crippen LogP contribution is -2.39. The number of hydrogen-bond acceptors (Lipinski definition) is 4. The Hall–Kier alpha value is -1.34. The first kappa shape index (κ1) is 17.5. The minimum atomic E-state index is -0.217. The summed E-state index contributed by atoms with van der Waals surface area (Å²) in [6.45, 7) is 5.88. The van der Waals surface area contributed by atoms with Crippen molar-refractivity contribution < 1.29 is 9.53 Å². The summed E-state index contributed by atoms with van der Waals surface area (Å²) in [5.41, 5.74) is 0.822. The van der Waals surface area contributed by atoms with Gasteiger partial charge in [0, 0.05) is 29.8 Å². The number of carbonyl (C=O) groups excluding carboxylic acids is 1. The number of nitrogens with zero attached hydrogens (tertiary/aromatic N) is 4. The fourth-order valence-corrected chi connectivity index (χ4v) is 3.87. The van der Waals surface area contributed by atoms with Crippen molar-refractivity contribution in [3.05, 3.63) is 22.1 Å². The Morgan fingerprint density at radius 2 is 2.12 bits per heavy atom. The predicted octanol–water partition coefficient (Wildman–Crippen LogP) is 4.28. The second-order valence-electron chi connectivity index (χ2n) is 6.44. The Bertz CT molecular complexity index is 741. The second-order valence-corrected chi connectivity index (χ2v) is 7.65. The highest BCUT2D eigenvalue weighted by Crippen LogP contribution is 2.34. The fourth-order valence-electron chi connectivity index (χ4n) is 2.94. The molecule has 3 heterocycles. The Morgan fingerprint density at radius 3 is 2.79 bits per heavy atom. The van der Waals surface area contributed by atoms with Crippen LogP contribution in [0.25, 0.3) is 11.0 Å². The van der Waals surface area contributed by atoms with Gasteiger partial charge in [0.25, 0.3) is 0 Å². The summed E-state index contributed by atoms with van der Waals surface area (Å²) in [7, 11) is 0. The van der Waals surface area contributed by atoms with E-state index in [0.29, 0.717) is 30.8 Å². The van der Waals surface area contributed by atoms with E-state index in [9.17, 15) is 4.79 Å². The molecule has 2 aromatic rings. The molecule has 0 atom stereocenters. The fraction of sp³-hybridized carbons (Fsp3) is 0.562. The van der Waals surface area contributed by atoms with E-state index in [1.807, 2.05) is 20.0 Å². The Morgan fingerprint density at radius 1 is 1.42 bits per heavy atom. The minimum Gasteiger partial charge on any atom is -0.449 e. The predicted molar refractivity (Wildman–Crippen MR) is 96.3 cm³/mol. The summed E-state index contributed by atoms with van der Waals surface area (Å²) in [4.78, 5) is 22.2. The molecule has 3 rings (SSSR count). The van der Waals surface area contributed by atoms with Gasteiger partial charge in [-0.25, -0.2) is 14.8 Å². The molecule has 130 valence electrons. The zero-order valence-electron chi connectivity index (χ0n) is 13.7. The number of ether oxygens (including phenoxy) is 1. The molecule has 6 nitrogen and oxygen atoms in total. The van der Waals surface area contributed by atoms with Crippen molar-refractivity contribution in [1.82, 2.24) is 19.4 Å². The first-order valence-corrected chi connectivity index (χ1v) is 9.22. The molecule has 0 radical (unpaired) electrons. The van der Waals surface area contributed by atoms with E-state index >= 15 is 0 Å². The number of likely N-dealkylation sites (tertiary alicyclic amines) is 1. The molecule has 1 aliphatic rings. The van der Waals surface area contributed by atoms with Crippen molar-refractivity contribution in [3.63, 3.8) is 0 Å². The van der Waals surface area contributed by atoms with Crippen LogP contribution >= 0.6 is 27.5 Å². The summed E-state index contributed by atoms with van der Waals surface area (Å²) in [6, 6.07) is 0.277. The maximum Gasteiger partial charge on any atom is 0.409 e. The molecule has 0 saturated carbocycles. The molecule has 2 aromatic heterocycles. The molecule has 1 fully saturated rings. The molecule has 0 unspecified atom stereocenters. The lowest BCUT2D eigenvalue weighted by molar-refractivity contribution is 0.0800. The number of halogens is 2. The van der Waals surface area contributed by atoms with Crippen molar-refractivity contribution in [1.29, 1.82) is 0 Å². The number of carbonyl (C=O) groups is 1. The third-order valence-corrected chi connectivity index (χ3v) is 5.06. The number of amides is 1. The second kappa shape index (κ2) is 7.27. The van der Waals surface area contributed by atoms with Crippen LogP contribution in [0.3, 0.4) is 0 Å². The van der Waals surface area contributed by atoms with Gasteiger partial charge in [0.1, 0.15) is 17.1 Å². The highest BCUT2D eigenvalue weighted by Gasteiger charge is 2.26. The van der Waals surface area contributed by atoms with Crippen molar-refractivity contribution >= 4 is 44.7 Å². The standard InChI is InChI=1S/C16H20BrClN4O2/c1-10(2)8-24-16(23)21-5-3-11(4-6-21)22-7-12(17)13-14(18)19-9-20-15(13)22/h7,9-11H,3-6,8H2,1-2H3. The van der Waals surface area contributed by atoms with Crippen molar-refractivity contribution in [2.45, 2.75) is 32.7 Å². The summed E-state index contributed by atoms with van der Waals surface area (Å²) < 4.78 is 8.33. The Balaban J connectivity index is 1.69. The molecule has 0 aromatic carbocycles. The largest absolute Gasteiger partial charge is 0.449 e. The molecular weight excluding hydrogens is 396 g/mol. The molecule has 1 amide bonds. The van der Waals surface area contributed by atoms with E-state index in [4.69, 9.17) is 16.3 Å². The van der Waals surface area contributed by atoms with Gasteiger partial charge in [-0.15, -0.1) is 0 Å². The van der Waals surface area contributed by atoms with Crippen LogP contribution < -0.4 is 0 Å². The van der Waals surface area contributed by atoms with E-state index in [1.165, 1.54) is 6.33 Å². The van der Waals surface area contributed by atoms with Crippen LogP contribution in [0.15, 0.2) is 17.0 Å². The van der Waals surface area contributed by atoms with Crippen LogP contribution in [-0.4, -0.2) is 45.2 Å². The third kappa shape index (κ3) is 3.52. The summed E-state index contributed by atoms with van der Waals surface area (Å²) in [5.74, 6) is 0.347. The van der Waals surface area contributed by atoms with E-state index in [1.54, 1.807) is 4.90 Å². The SMILES string of the molecule is CC(C)COC(=O)N1CCC(n2cc(Br)c3c(Cl)ncnc32)CC1. The van der Waals surface area contributed by atoms with Gasteiger partial charge in [-0.3, -0.25) is 0 Å². The summed E-state index contributed by atoms with van der Waals surface area (Å²) >= 11 is 9.71. The average Bonchev–Trinajstić information content (AvgIpc) is 2.91. The van der Waals surface area contributed by atoms with Crippen molar-refractivity contribution in [2.75, 3.05) is 19.7 Å². The Labute approximate surface area is 154 Å². The quantitative estimate of drug-likeness (QED) is 0.702. The molecule has 1 aliphatic heterocycles. The molecule has 0 spiro atoms. The van der Waals surface area contributed by atoms with Crippen LogP contribution in [0, 0.1) is 5.92 Å². The van der Waals surface area contributed by atoms with Gasteiger partial charge >= 0.3 is 6.09 Å². The van der Waals surface area contributed by atoms with Crippen LogP contribution in [0.5, 0.6) is 0 Å². The maximum atomic E-state index is 12.1. The number of fused-ring (bicyclic) bond motifs is 1. The number of rotatable bonds is 3. The Kier molecular flexibility index (Phi) is 5.30. The van der Waals surface area contributed by atoms with E-state index in [0.717, 1.165) is 28.3 Å². The lowest BCUT2D eigenvalue weighted by atomic mass is 10.1. The van der Waals surface area contributed by atoms with Gasteiger partial charge < -0.3 is 14.2 Å². The van der Waals surface area contributed by atoms with E-state index in [2.05, 4.69) is 30.5 Å².